The summed E-state index contributed by atoms with van der Waals surface area (Å²) in [5, 5.41) is 4.26. The second-order valence-corrected chi connectivity index (χ2v) is 4.91. The van der Waals surface area contributed by atoms with Gasteiger partial charge in [-0.05, 0) is 31.5 Å². The van der Waals surface area contributed by atoms with Crippen molar-refractivity contribution in [1.82, 2.24) is 24.6 Å². The van der Waals surface area contributed by atoms with Gasteiger partial charge < -0.3 is 5.73 Å². The predicted octanol–water partition coefficient (Wildman–Crippen LogP) is 1.13. The minimum atomic E-state index is 0.400. The maximum atomic E-state index is 5.70. The Balaban J connectivity index is 1.79. The van der Waals surface area contributed by atoms with Crippen LogP contribution < -0.4 is 5.73 Å². The van der Waals surface area contributed by atoms with Crippen LogP contribution in [0.4, 0.5) is 5.82 Å². The molecule has 6 heteroatoms. The van der Waals surface area contributed by atoms with Gasteiger partial charge in [0.1, 0.15) is 11.6 Å². The second-order valence-electron chi connectivity index (χ2n) is 4.91. The van der Waals surface area contributed by atoms with Gasteiger partial charge in [0.25, 0.3) is 0 Å². The summed E-state index contributed by atoms with van der Waals surface area (Å²) in [6, 6.07) is 4.20. The SMILES string of the molecule is Cn1nccc1[C@@H]1CCCN1Cc1nccc(N)n1. The third kappa shape index (κ3) is 2.44. The van der Waals surface area contributed by atoms with Crippen LogP contribution in [-0.4, -0.2) is 31.2 Å². The average molecular weight is 258 g/mol. The van der Waals surface area contributed by atoms with E-state index in [4.69, 9.17) is 5.73 Å². The van der Waals surface area contributed by atoms with Crippen LogP contribution in [0, 0.1) is 0 Å². The number of rotatable bonds is 3. The fraction of sp³-hybridized carbons (Fsp3) is 0.462. The highest BCUT2D eigenvalue weighted by atomic mass is 15.3. The standard InChI is InChI=1S/C13H18N6/c1-18-10(4-7-16-18)11-3-2-8-19(11)9-13-15-6-5-12(14)17-13/h4-7,11H,2-3,8-9H2,1H3,(H2,14,15,17)/t11-/m0/s1. The Hall–Kier alpha value is -1.95. The van der Waals surface area contributed by atoms with Crippen molar-refractivity contribution in [3.8, 4) is 0 Å². The van der Waals surface area contributed by atoms with E-state index in [1.165, 1.54) is 12.1 Å². The maximum absolute atomic E-state index is 5.70. The molecule has 1 atom stereocenters. The summed E-state index contributed by atoms with van der Waals surface area (Å²) < 4.78 is 1.95. The van der Waals surface area contributed by atoms with Gasteiger partial charge in [-0.15, -0.1) is 0 Å². The fourth-order valence-corrected chi connectivity index (χ4v) is 2.73. The van der Waals surface area contributed by atoms with Crippen molar-refractivity contribution in [2.75, 3.05) is 12.3 Å². The zero-order valence-electron chi connectivity index (χ0n) is 11.0. The van der Waals surface area contributed by atoms with Gasteiger partial charge in [-0.1, -0.05) is 0 Å². The van der Waals surface area contributed by atoms with E-state index >= 15 is 0 Å². The summed E-state index contributed by atoms with van der Waals surface area (Å²) in [7, 11) is 1.99. The molecule has 19 heavy (non-hydrogen) atoms. The van der Waals surface area contributed by atoms with Crippen LogP contribution in [-0.2, 0) is 13.6 Å². The number of aryl methyl sites for hydroxylation is 1. The lowest BCUT2D eigenvalue weighted by atomic mass is 10.1. The van der Waals surface area contributed by atoms with Crippen molar-refractivity contribution in [2.45, 2.75) is 25.4 Å². The second kappa shape index (κ2) is 4.97. The summed E-state index contributed by atoms with van der Waals surface area (Å²) in [6.07, 6.45) is 5.91. The van der Waals surface area contributed by atoms with Gasteiger partial charge in [0.15, 0.2) is 0 Å². The van der Waals surface area contributed by atoms with Gasteiger partial charge >= 0.3 is 0 Å². The van der Waals surface area contributed by atoms with Crippen molar-refractivity contribution >= 4 is 5.82 Å². The van der Waals surface area contributed by atoms with Crippen molar-refractivity contribution in [3.05, 3.63) is 36.0 Å². The largest absolute Gasteiger partial charge is 0.384 e. The van der Waals surface area contributed by atoms with E-state index in [2.05, 4.69) is 26.0 Å². The number of nitrogen functional groups attached to an aromatic ring is 1. The Morgan fingerprint density at radius 3 is 3.00 bits per heavy atom. The van der Waals surface area contributed by atoms with Gasteiger partial charge in [0, 0.05) is 19.4 Å². The number of likely N-dealkylation sites (tertiary alicyclic amines) is 1. The first-order valence-corrected chi connectivity index (χ1v) is 6.53. The monoisotopic (exact) mass is 258 g/mol. The molecule has 0 aromatic carbocycles. The van der Waals surface area contributed by atoms with Gasteiger partial charge in [0.2, 0.25) is 0 Å². The smallest absolute Gasteiger partial charge is 0.144 e. The van der Waals surface area contributed by atoms with E-state index in [0.717, 1.165) is 25.3 Å². The van der Waals surface area contributed by atoms with E-state index in [-0.39, 0.29) is 0 Å². The molecule has 3 heterocycles. The minimum Gasteiger partial charge on any atom is -0.384 e. The normalized spacial score (nSPS) is 19.9. The van der Waals surface area contributed by atoms with Crippen molar-refractivity contribution in [3.63, 3.8) is 0 Å². The van der Waals surface area contributed by atoms with E-state index < -0.39 is 0 Å². The van der Waals surface area contributed by atoms with Gasteiger partial charge in [-0.2, -0.15) is 5.10 Å². The molecular weight excluding hydrogens is 240 g/mol. The Labute approximate surface area is 112 Å². The lowest BCUT2D eigenvalue weighted by Gasteiger charge is -2.23. The summed E-state index contributed by atoms with van der Waals surface area (Å²) >= 11 is 0. The molecule has 0 bridgehead atoms. The molecule has 6 nitrogen and oxygen atoms in total. The summed E-state index contributed by atoms with van der Waals surface area (Å²) in [4.78, 5) is 11.0. The molecule has 1 saturated heterocycles. The highest BCUT2D eigenvalue weighted by Crippen LogP contribution is 2.32. The van der Waals surface area contributed by atoms with Crippen LogP contribution in [0.25, 0.3) is 0 Å². The molecule has 0 spiro atoms. The minimum absolute atomic E-state index is 0.400. The van der Waals surface area contributed by atoms with Crippen LogP contribution in [0.3, 0.4) is 0 Å². The summed E-state index contributed by atoms with van der Waals surface area (Å²) in [5.41, 5.74) is 6.95. The quantitative estimate of drug-likeness (QED) is 0.893. The van der Waals surface area contributed by atoms with Crippen LogP contribution >= 0.6 is 0 Å². The van der Waals surface area contributed by atoms with E-state index in [0.29, 0.717) is 11.9 Å². The number of hydrogen-bond donors (Lipinski definition) is 1. The molecule has 2 N–H and O–H groups in total. The maximum Gasteiger partial charge on any atom is 0.144 e. The highest BCUT2D eigenvalue weighted by Gasteiger charge is 2.28. The molecule has 0 unspecified atom stereocenters. The van der Waals surface area contributed by atoms with Gasteiger partial charge in [-0.25, -0.2) is 9.97 Å². The molecule has 1 aliphatic rings. The molecule has 2 aromatic rings. The Bertz CT molecular complexity index is 564. The molecular formula is C13H18N6. The Morgan fingerprint density at radius 1 is 1.37 bits per heavy atom. The first-order chi connectivity index (χ1) is 9.24. The molecule has 0 saturated carbocycles. The molecule has 0 radical (unpaired) electrons. The zero-order chi connectivity index (χ0) is 13.2. The number of anilines is 1. The summed E-state index contributed by atoms with van der Waals surface area (Å²) in [6.45, 7) is 1.80. The lowest BCUT2D eigenvalue weighted by molar-refractivity contribution is 0.233. The molecule has 2 aromatic heterocycles. The predicted molar refractivity (Wildman–Crippen MR) is 72.0 cm³/mol. The Kier molecular flexibility index (Phi) is 3.16. The molecule has 100 valence electrons. The van der Waals surface area contributed by atoms with Crippen molar-refractivity contribution in [2.24, 2.45) is 7.05 Å². The van der Waals surface area contributed by atoms with E-state index in [1.54, 1.807) is 12.3 Å². The summed E-state index contributed by atoms with van der Waals surface area (Å²) in [5.74, 6) is 1.32. The van der Waals surface area contributed by atoms with Gasteiger partial charge in [-0.3, -0.25) is 9.58 Å². The first kappa shape index (κ1) is 12.1. The number of aromatic nitrogens is 4. The molecule has 3 rings (SSSR count). The Morgan fingerprint density at radius 2 is 2.26 bits per heavy atom. The molecule has 0 aliphatic carbocycles. The number of nitrogens with two attached hydrogens (primary N) is 1. The van der Waals surface area contributed by atoms with Gasteiger partial charge in [0.05, 0.1) is 18.3 Å². The van der Waals surface area contributed by atoms with Crippen LogP contribution in [0.15, 0.2) is 24.5 Å². The molecule has 1 aliphatic heterocycles. The molecule has 1 fully saturated rings. The highest BCUT2D eigenvalue weighted by molar-refractivity contribution is 5.25. The zero-order valence-corrected chi connectivity index (χ0v) is 11.0. The third-order valence-electron chi connectivity index (χ3n) is 3.64. The average Bonchev–Trinajstić information content (AvgIpc) is 2.98. The van der Waals surface area contributed by atoms with Crippen molar-refractivity contribution in [1.29, 1.82) is 0 Å². The van der Waals surface area contributed by atoms with Crippen LogP contribution in [0.2, 0.25) is 0 Å². The van der Waals surface area contributed by atoms with Crippen LogP contribution in [0.1, 0.15) is 30.4 Å². The number of hydrogen-bond acceptors (Lipinski definition) is 5. The van der Waals surface area contributed by atoms with Crippen LogP contribution in [0.5, 0.6) is 0 Å². The van der Waals surface area contributed by atoms with E-state index in [1.807, 2.05) is 17.9 Å². The fourth-order valence-electron chi connectivity index (χ4n) is 2.73. The van der Waals surface area contributed by atoms with Crippen molar-refractivity contribution < 1.29 is 0 Å². The van der Waals surface area contributed by atoms with E-state index in [9.17, 15) is 0 Å². The topological polar surface area (TPSA) is 72.9 Å². The lowest BCUT2D eigenvalue weighted by Crippen LogP contribution is -2.25. The third-order valence-corrected chi connectivity index (χ3v) is 3.64. The molecule has 0 amide bonds. The number of nitrogens with zero attached hydrogens (tertiary/aromatic N) is 5. The first-order valence-electron chi connectivity index (χ1n) is 6.53.